The largest absolute Gasteiger partial charge is 0.457 e. The average Bonchev–Trinajstić information content (AvgIpc) is 3.03. The van der Waals surface area contributed by atoms with Crippen molar-refractivity contribution < 1.29 is 24.0 Å². The topological polar surface area (TPSA) is 99.0 Å². The van der Waals surface area contributed by atoms with E-state index >= 15 is 0 Å². The number of ether oxygens (including phenoxy) is 2. The summed E-state index contributed by atoms with van der Waals surface area (Å²) in [5.41, 5.74) is 6.52. The first-order valence-corrected chi connectivity index (χ1v) is 14.6. The van der Waals surface area contributed by atoms with Crippen LogP contribution in [0.1, 0.15) is 47.6 Å². The number of benzene rings is 4. The van der Waals surface area contributed by atoms with Gasteiger partial charge in [0.15, 0.2) is 0 Å². The summed E-state index contributed by atoms with van der Waals surface area (Å²) in [5.74, 6) is -2.11. The number of aryl methyl sites for hydroxylation is 2. The van der Waals surface area contributed by atoms with E-state index in [0.717, 1.165) is 27.9 Å². The molecule has 1 aliphatic heterocycles. The summed E-state index contributed by atoms with van der Waals surface area (Å²) in [7, 11) is 0. The van der Waals surface area contributed by atoms with Crippen LogP contribution in [-0.2, 0) is 32.3 Å². The van der Waals surface area contributed by atoms with Gasteiger partial charge in [-0.05, 0) is 67.6 Å². The Kier molecular flexibility index (Phi) is 9.23. The minimum atomic E-state index is -0.903. The maximum Gasteiger partial charge on any atom is 0.337 e. The van der Waals surface area contributed by atoms with Crippen LogP contribution in [0.15, 0.2) is 126 Å². The SMILES string of the molecule is CC1=C(C(=O)OCc2ccccc2)C(c2ccc([N+](=O)[O-])cc2)C(C(=O)OCc2ccccc2)=C(C)N1c1cc(C)cc(C)c1. The molecule has 0 spiro atoms. The van der Waals surface area contributed by atoms with E-state index in [1.165, 1.54) is 12.1 Å². The predicted octanol–water partition coefficient (Wildman–Crippen LogP) is 7.85. The van der Waals surface area contributed by atoms with Crippen LogP contribution >= 0.6 is 0 Å². The molecule has 5 rings (SSSR count). The number of anilines is 1. The normalized spacial score (nSPS) is 13.6. The summed E-state index contributed by atoms with van der Waals surface area (Å²) in [4.78, 5) is 41.1. The van der Waals surface area contributed by atoms with E-state index in [2.05, 4.69) is 6.07 Å². The molecule has 0 radical (unpaired) electrons. The number of nitro groups is 1. The number of non-ortho nitro benzene ring substituents is 1. The highest BCUT2D eigenvalue weighted by Gasteiger charge is 2.41. The Balaban J connectivity index is 1.66. The summed E-state index contributed by atoms with van der Waals surface area (Å²) in [5, 5.41) is 11.5. The fourth-order valence-electron chi connectivity index (χ4n) is 5.78. The zero-order valence-electron chi connectivity index (χ0n) is 25.7. The van der Waals surface area contributed by atoms with E-state index in [1.807, 2.05) is 105 Å². The van der Waals surface area contributed by atoms with Crippen LogP contribution in [0.3, 0.4) is 0 Å². The number of esters is 2. The lowest BCUT2D eigenvalue weighted by atomic mass is 9.79. The van der Waals surface area contributed by atoms with Crippen molar-refractivity contribution in [2.75, 3.05) is 4.90 Å². The molecule has 45 heavy (non-hydrogen) atoms. The molecule has 8 nitrogen and oxygen atoms in total. The van der Waals surface area contributed by atoms with Gasteiger partial charge >= 0.3 is 11.9 Å². The monoisotopic (exact) mass is 602 g/mol. The maximum absolute atomic E-state index is 14.1. The van der Waals surface area contributed by atoms with Crippen molar-refractivity contribution in [1.29, 1.82) is 0 Å². The quantitative estimate of drug-likeness (QED) is 0.109. The molecule has 0 atom stereocenters. The highest BCUT2D eigenvalue weighted by Crippen LogP contribution is 2.45. The lowest BCUT2D eigenvalue weighted by Crippen LogP contribution is -2.35. The summed E-state index contributed by atoms with van der Waals surface area (Å²) < 4.78 is 11.7. The molecule has 4 aromatic rings. The fraction of sp³-hybridized carbons (Fsp3) is 0.189. The highest BCUT2D eigenvalue weighted by molar-refractivity contribution is 6.01. The van der Waals surface area contributed by atoms with Crippen LogP contribution in [0.2, 0.25) is 0 Å². The van der Waals surface area contributed by atoms with Crippen LogP contribution in [-0.4, -0.2) is 16.9 Å². The van der Waals surface area contributed by atoms with E-state index < -0.39 is 22.8 Å². The minimum absolute atomic E-state index is 0.0312. The van der Waals surface area contributed by atoms with E-state index in [-0.39, 0.29) is 30.0 Å². The summed E-state index contributed by atoms with van der Waals surface area (Å²) in [6.07, 6.45) is 0. The van der Waals surface area contributed by atoms with E-state index in [9.17, 15) is 19.7 Å². The zero-order valence-corrected chi connectivity index (χ0v) is 25.7. The number of allylic oxidation sites excluding steroid dienone is 2. The molecule has 0 amide bonds. The molecule has 0 N–H and O–H groups in total. The molecule has 1 aliphatic rings. The Bertz CT molecular complexity index is 1690. The smallest absolute Gasteiger partial charge is 0.337 e. The first-order chi connectivity index (χ1) is 21.6. The number of carbonyl (C=O) groups is 2. The lowest BCUT2D eigenvalue weighted by molar-refractivity contribution is -0.384. The van der Waals surface area contributed by atoms with Crippen molar-refractivity contribution >= 4 is 23.3 Å². The molecule has 4 aromatic carbocycles. The molecule has 0 aliphatic carbocycles. The fourth-order valence-corrected chi connectivity index (χ4v) is 5.78. The minimum Gasteiger partial charge on any atom is -0.457 e. The van der Waals surface area contributed by atoms with Gasteiger partial charge in [0.25, 0.3) is 5.69 Å². The van der Waals surface area contributed by atoms with E-state index in [4.69, 9.17) is 9.47 Å². The van der Waals surface area contributed by atoms with Gasteiger partial charge in [-0.25, -0.2) is 9.59 Å². The van der Waals surface area contributed by atoms with Crippen LogP contribution in [0.4, 0.5) is 11.4 Å². The maximum atomic E-state index is 14.1. The van der Waals surface area contributed by atoms with Crippen LogP contribution in [0, 0.1) is 24.0 Å². The molecule has 8 heteroatoms. The van der Waals surface area contributed by atoms with Gasteiger partial charge in [-0.15, -0.1) is 0 Å². The van der Waals surface area contributed by atoms with Crippen LogP contribution < -0.4 is 4.90 Å². The molecule has 1 heterocycles. The third kappa shape index (κ3) is 6.86. The molecule has 0 unspecified atom stereocenters. The Morgan fingerprint density at radius 2 is 1.13 bits per heavy atom. The van der Waals surface area contributed by atoms with E-state index in [1.54, 1.807) is 12.1 Å². The van der Waals surface area contributed by atoms with Gasteiger partial charge < -0.3 is 14.4 Å². The number of hydrogen-bond acceptors (Lipinski definition) is 7. The number of rotatable bonds is 9. The van der Waals surface area contributed by atoms with Gasteiger partial charge in [0, 0.05) is 29.2 Å². The van der Waals surface area contributed by atoms with Crippen LogP contribution in [0.5, 0.6) is 0 Å². The Morgan fingerprint density at radius 3 is 1.56 bits per heavy atom. The van der Waals surface area contributed by atoms with Gasteiger partial charge in [0.2, 0.25) is 0 Å². The summed E-state index contributed by atoms with van der Waals surface area (Å²) in [6.45, 7) is 7.69. The molecule has 0 saturated heterocycles. The van der Waals surface area contributed by atoms with E-state index in [0.29, 0.717) is 17.0 Å². The lowest BCUT2D eigenvalue weighted by Gasteiger charge is -2.38. The number of carbonyl (C=O) groups excluding carboxylic acids is 2. The molecule has 228 valence electrons. The van der Waals surface area contributed by atoms with Gasteiger partial charge in [-0.3, -0.25) is 10.1 Å². The summed E-state index contributed by atoms with van der Waals surface area (Å²) in [6, 6.07) is 30.6. The second-order valence-electron chi connectivity index (χ2n) is 11.1. The molecule has 0 fully saturated rings. The van der Waals surface area contributed by atoms with Gasteiger partial charge in [-0.2, -0.15) is 0 Å². The second-order valence-corrected chi connectivity index (χ2v) is 11.1. The number of nitro benzene ring substituents is 1. The molecular formula is C37H34N2O6. The van der Waals surface area contributed by atoms with Crippen molar-refractivity contribution in [1.82, 2.24) is 0 Å². The first kappa shape index (κ1) is 30.9. The Hall–Kier alpha value is -5.50. The zero-order chi connectivity index (χ0) is 32.1. The molecule has 0 aromatic heterocycles. The van der Waals surface area contributed by atoms with Gasteiger partial charge in [-0.1, -0.05) is 78.9 Å². The van der Waals surface area contributed by atoms with Crippen molar-refractivity contribution in [3.63, 3.8) is 0 Å². The Morgan fingerprint density at radius 1 is 0.689 bits per heavy atom. The average molecular weight is 603 g/mol. The number of nitrogens with zero attached hydrogens (tertiary/aromatic N) is 2. The third-order valence-electron chi connectivity index (χ3n) is 7.79. The summed E-state index contributed by atoms with van der Waals surface area (Å²) >= 11 is 0. The van der Waals surface area contributed by atoms with Crippen molar-refractivity contribution in [2.24, 2.45) is 0 Å². The predicted molar refractivity (Wildman–Crippen MR) is 172 cm³/mol. The van der Waals surface area contributed by atoms with Gasteiger partial charge in [0.05, 0.1) is 22.0 Å². The standard InChI is InChI=1S/C37H34N2O6/c1-24-19-25(2)21-32(20-24)38-26(3)33(36(40)44-22-28-11-7-5-8-12-28)35(30-15-17-31(18-16-30)39(42)43)34(27(38)4)37(41)45-23-29-13-9-6-10-14-29/h5-21,35H,22-23H2,1-4H3. The molecular weight excluding hydrogens is 568 g/mol. The van der Waals surface area contributed by atoms with Crippen molar-refractivity contribution in [3.8, 4) is 0 Å². The van der Waals surface area contributed by atoms with Gasteiger partial charge in [0.1, 0.15) is 13.2 Å². The first-order valence-electron chi connectivity index (χ1n) is 14.6. The highest BCUT2D eigenvalue weighted by atomic mass is 16.6. The Labute approximate surface area is 262 Å². The third-order valence-corrected chi connectivity index (χ3v) is 7.79. The molecule has 0 saturated carbocycles. The second kappa shape index (κ2) is 13.4. The number of hydrogen-bond donors (Lipinski definition) is 0. The van der Waals surface area contributed by atoms with Crippen molar-refractivity contribution in [3.05, 3.63) is 164 Å². The van der Waals surface area contributed by atoms with Crippen LogP contribution in [0.25, 0.3) is 0 Å². The van der Waals surface area contributed by atoms with Crippen molar-refractivity contribution in [2.45, 2.75) is 46.8 Å². The molecule has 0 bridgehead atoms.